The van der Waals surface area contributed by atoms with Crippen molar-refractivity contribution in [2.45, 2.75) is 31.7 Å². The Hall–Kier alpha value is -3.57. The number of hydrogen-bond acceptors (Lipinski definition) is 7. The molecule has 0 saturated carbocycles. The lowest BCUT2D eigenvalue weighted by molar-refractivity contribution is -0.141. The summed E-state index contributed by atoms with van der Waals surface area (Å²) in [5, 5.41) is 21.8. The average molecular weight is 485 g/mol. The van der Waals surface area contributed by atoms with Crippen LogP contribution in [0.2, 0.25) is 0 Å². The number of morpholine rings is 1. The van der Waals surface area contributed by atoms with Crippen LogP contribution in [0.15, 0.2) is 42.6 Å². The molecule has 2 unspecified atom stereocenters. The van der Waals surface area contributed by atoms with Gasteiger partial charge in [0, 0.05) is 36.0 Å². The minimum absolute atomic E-state index is 0.0528. The highest BCUT2D eigenvalue weighted by atomic mass is 19.4. The van der Waals surface area contributed by atoms with Crippen LogP contribution in [0.25, 0.3) is 11.3 Å². The Balaban J connectivity index is 1.44. The maximum absolute atomic E-state index is 13.0. The predicted molar refractivity (Wildman–Crippen MR) is 121 cm³/mol. The number of anilines is 2. The van der Waals surface area contributed by atoms with Crippen molar-refractivity contribution in [1.29, 1.82) is 0 Å². The number of nitrogens with one attached hydrogen (secondary N) is 1. The molecule has 1 saturated heterocycles. The van der Waals surface area contributed by atoms with Crippen LogP contribution < -0.4 is 10.2 Å². The van der Waals surface area contributed by atoms with Gasteiger partial charge in [0.2, 0.25) is 0 Å². The molecule has 1 fully saturated rings. The van der Waals surface area contributed by atoms with Gasteiger partial charge < -0.3 is 20.1 Å². The standard InChI is InChI=1S/C24H22F3N5O3/c1-13-2-3-15(29-23(34)14-4-5-28-21(8-14)24(25,26)27)9-17(13)18-11-19-22(31-30-18)20(33)10-16-12-35-7-6-32(16)19/h2-5,8-9,11,16,20,33H,6-7,10,12H2,1H3,(H,29,34). The summed E-state index contributed by atoms with van der Waals surface area (Å²) in [5.41, 5.74) is 2.55. The van der Waals surface area contributed by atoms with Gasteiger partial charge in [-0.3, -0.25) is 9.78 Å². The van der Waals surface area contributed by atoms with Gasteiger partial charge in [-0.15, -0.1) is 0 Å². The summed E-state index contributed by atoms with van der Waals surface area (Å²) in [6.45, 7) is 3.67. The van der Waals surface area contributed by atoms with Crippen molar-refractivity contribution in [3.05, 3.63) is 65.1 Å². The van der Waals surface area contributed by atoms with Crippen LogP contribution >= 0.6 is 0 Å². The third-order valence-corrected chi connectivity index (χ3v) is 6.23. The predicted octanol–water partition coefficient (Wildman–Crippen LogP) is 3.76. The smallest absolute Gasteiger partial charge is 0.387 e. The maximum Gasteiger partial charge on any atom is 0.433 e. The van der Waals surface area contributed by atoms with E-state index in [4.69, 9.17) is 4.74 Å². The Bertz CT molecular complexity index is 1280. The number of aliphatic hydroxyl groups excluding tert-OH is 1. The van der Waals surface area contributed by atoms with E-state index in [9.17, 15) is 23.1 Å². The molecule has 35 heavy (non-hydrogen) atoms. The molecule has 0 bridgehead atoms. The van der Waals surface area contributed by atoms with E-state index in [-0.39, 0.29) is 11.6 Å². The van der Waals surface area contributed by atoms with Crippen LogP contribution in [-0.4, -0.2) is 52.0 Å². The van der Waals surface area contributed by atoms with Gasteiger partial charge in [0.05, 0.1) is 30.6 Å². The number of benzene rings is 1. The summed E-state index contributed by atoms with van der Waals surface area (Å²) in [7, 11) is 0. The molecule has 1 amide bonds. The van der Waals surface area contributed by atoms with E-state index in [1.54, 1.807) is 18.2 Å². The van der Waals surface area contributed by atoms with Crippen molar-refractivity contribution in [3.63, 3.8) is 0 Å². The van der Waals surface area contributed by atoms with E-state index >= 15 is 0 Å². The highest BCUT2D eigenvalue weighted by Crippen LogP contribution is 2.39. The zero-order chi connectivity index (χ0) is 24.7. The van der Waals surface area contributed by atoms with Gasteiger partial charge in [0.15, 0.2) is 0 Å². The number of fused-ring (bicyclic) bond motifs is 3. The third-order valence-electron chi connectivity index (χ3n) is 6.23. The number of nitrogens with zero attached hydrogens (tertiary/aromatic N) is 4. The Morgan fingerprint density at radius 3 is 2.83 bits per heavy atom. The van der Waals surface area contributed by atoms with Crippen molar-refractivity contribution < 1.29 is 27.8 Å². The molecule has 2 aliphatic rings. The molecule has 182 valence electrons. The number of carbonyl (C=O) groups excluding carboxylic acids is 1. The first-order chi connectivity index (χ1) is 16.7. The van der Waals surface area contributed by atoms with Crippen LogP contribution in [0.3, 0.4) is 0 Å². The molecule has 5 rings (SSSR count). The fraction of sp³-hybridized carbons (Fsp3) is 0.333. The first-order valence-electron chi connectivity index (χ1n) is 11.1. The number of hydrogen-bond donors (Lipinski definition) is 2. The van der Waals surface area contributed by atoms with Gasteiger partial charge in [0.1, 0.15) is 17.5 Å². The lowest BCUT2D eigenvalue weighted by Gasteiger charge is -2.42. The van der Waals surface area contributed by atoms with E-state index < -0.39 is 23.9 Å². The molecule has 0 radical (unpaired) electrons. The lowest BCUT2D eigenvalue weighted by Crippen LogP contribution is -2.49. The summed E-state index contributed by atoms with van der Waals surface area (Å²) >= 11 is 0. The molecular weight excluding hydrogens is 463 g/mol. The summed E-state index contributed by atoms with van der Waals surface area (Å²) in [6, 6.07) is 9.00. The molecule has 2 aliphatic heterocycles. The second-order valence-electron chi connectivity index (χ2n) is 8.59. The van der Waals surface area contributed by atoms with Gasteiger partial charge in [-0.25, -0.2) is 0 Å². The summed E-state index contributed by atoms with van der Waals surface area (Å²) in [5.74, 6) is -0.691. The summed E-state index contributed by atoms with van der Waals surface area (Å²) in [6.07, 6.45) is -3.91. The lowest BCUT2D eigenvalue weighted by atomic mass is 9.95. The second-order valence-corrected chi connectivity index (χ2v) is 8.59. The summed E-state index contributed by atoms with van der Waals surface area (Å²) in [4.78, 5) is 18.1. The Morgan fingerprint density at radius 1 is 1.20 bits per heavy atom. The normalized spacial score (nSPS) is 19.6. The molecule has 11 heteroatoms. The van der Waals surface area contributed by atoms with E-state index in [2.05, 4.69) is 25.4 Å². The number of aliphatic hydroxyl groups is 1. The van der Waals surface area contributed by atoms with E-state index in [1.165, 1.54) is 6.07 Å². The Labute approximate surface area is 198 Å². The van der Waals surface area contributed by atoms with Gasteiger partial charge in [-0.1, -0.05) is 6.07 Å². The number of alkyl halides is 3. The number of aromatic nitrogens is 3. The SMILES string of the molecule is Cc1ccc(NC(=O)c2ccnc(C(F)(F)F)c2)cc1-c1cc2c(nn1)C(O)CC1COCCN21. The highest BCUT2D eigenvalue weighted by Gasteiger charge is 2.36. The average Bonchev–Trinajstić information content (AvgIpc) is 2.84. The van der Waals surface area contributed by atoms with Crippen molar-refractivity contribution >= 4 is 17.3 Å². The van der Waals surface area contributed by atoms with Gasteiger partial charge in [-0.2, -0.15) is 23.4 Å². The fourth-order valence-electron chi connectivity index (χ4n) is 4.43. The fourth-order valence-corrected chi connectivity index (χ4v) is 4.43. The molecule has 3 aromatic rings. The molecule has 4 heterocycles. The number of pyridine rings is 1. The van der Waals surface area contributed by atoms with Crippen molar-refractivity contribution in [3.8, 4) is 11.3 Å². The molecule has 8 nitrogen and oxygen atoms in total. The van der Waals surface area contributed by atoms with Crippen LogP contribution in [0.1, 0.15) is 39.8 Å². The van der Waals surface area contributed by atoms with E-state index in [0.717, 1.165) is 17.4 Å². The number of aryl methyl sites for hydroxylation is 1. The number of halogens is 3. The van der Waals surface area contributed by atoms with Gasteiger partial charge >= 0.3 is 6.18 Å². The van der Waals surface area contributed by atoms with Crippen molar-refractivity contribution in [1.82, 2.24) is 15.2 Å². The highest BCUT2D eigenvalue weighted by molar-refractivity contribution is 6.04. The summed E-state index contributed by atoms with van der Waals surface area (Å²) < 4.78 is 44.4. The monoisotopic (exact) mass is 485 g/mol. The van der Waals surface area contributed by atoms with Crippen LogP contribution in [0.5, 0.6) is 0 Å². The van der Waals surface area contributed by atoms with Gasteiger partial charge in [-0.05, 0) is 42.8 Å². The molecule has 0 spiro atoms. The zero-order valence-corrected chi connectivity index (χ0v) is 18.7. The van der Waals surface area contributed by atoms with E-state index in [1.807, 2.05) is 13.0 Å². The van der Waals surface area contributed by atoms with Crippen LogP contribution in [-0.2, 0) is 10.9 Å². The van der Waals surface area contributed by atoms with E-state index in [0.29, 0.717) is 54.9 Å². The Kier molecular flexibility index (Phi) is 5.89. The first kappa shape index (κ1) is 23.2. The molecule has 2 aromatic heterocycles. The Morgan fingerprint density at radius 2 is 2.03 bits per heavy atom. The largest absolute Gasteiger partial charge is 0.433 e. The number of ether oxygens (including phenoxy) is 1. The number of amides is 1. The third kappa shape index (κ3) is 4.56. The molecule has 0 aliphatic carbocycles. The molecule has 1 aromatic carbocycles. The first-order valence-corrected chi connectivity index (χ1v) is 11.1. The molecular formula is C24H22F3N5O3. The number of carbonyl (C=O) groups is 1. The van der Waals surface area contributed by atoms with Crippen LogP contribution in [0, 0.1) is 6.92 Å². The number of rotatable bonds is 3. The topological polar surface area (TPSA) is 100 Å². The van der Waals surface area contributed by atoms with Crippen molar-refractivity contribution in [2.75, 3.05) is 30.0 Å². The minimum Gasteiger partial charge on any atom is -0.387 e. The maximum atomic E-state index is 13.0. The minimum atomic E-state index is -4.65. The quantitative estimate of drug-likeness (QED) is 0.583. The van der Waals surface area contributed by atoms with Gasteiger partial charge in [0.25, 0.3) is 5.91 Å². The van der Waals surface area contributed by atoms with Crippen LogP contribution in [0.4, 0.5) is 24.5 Å². The molecule has 2 N–H and O–H groups in total. The zero-order valence-electron chi connectivity index (χ0n) is 18.7. The van der Waals surface area contributed by atoms with Crippen molar-refractivity contribution in [2.24, 2.45) is 0 Å². The molecule has 2 atom stereocenters. The second kappa shape index (κ2) is 8.90.